The van der Waals surface area contributed by atoms with Crippen LogP contribution in [0.1, 0.15) is 11.1 Å². The first-order valence-corrected chi connectivity index (χ1v) is 7.90. The van der Waals surface area contributed by atoms with Crippen molar-refractivity contribution in [3.05, 3.63) is 52.5 Å². The molecule has 2 aromatic carbocycles. The lowest BCUT2D eigenvalue weighted by Gasteiger charge is -2.20. The number of methoxy groups -OCH3 is 1. The van der Waals surface area contributed by atoms with Crippen LogP contribution in [0, 0.1) is 0 Å². The molecule has 5 nitrogen and oxygen atoms in total. The number of hydrogen-bond acceptors (Lipinski definition) is 5. The molecule has 0 aliphatic carbocycles. The minimum absolute atomic E-state index is 0.130. The molecule has 126 valence electrons. The van der Waals surface area contributed by atoms with Crippen LogP contribution in [0.5, 0.6) is 17.2 Å². The van der Waals surface area contributed by atoms with Gasteiger partial charge in [-0.1, -0.05) is 23.7 Å². The van der Waals surface area contributed by atoms with E-state index < -0.39 is 0 Å². The van der Waals surface area contributed by atoms with E-state index in [1.54, 1.807) is 19.2 Å². The number of carbonyl (C=O) groups excluding carboxylic acids is 1. The topological polar surface area (TPSA) is 54.0 Å². The molecule has 0 radical (unpaired) electrons. The molecule has 0 spiro atoms. The maximum absolute atomic E-state index is 12.0. The number of esters is 1. The fraction of sp³-hybridized carbons (Fsp3) is 0.278. The van der Waals surface area contributed by atoms with Crippen molar-refractivity contribution in [2.45, 2.75) is 13.0 Å². The smallest absolute Gasteiger partial charge is 0.310 e. The van der Waals surface area contributed by atoms with Gasteiger partial charge in [0.1, 0.15) is 25.6 Å². The molecule has 0 amide bonds. The SMILES string of the molecule is COc1ccc(CC(=O)OCc2cc(Cl)c3c(c2)OCCO3)cc1. The molecule has 0 unspecified atom stereocenters. The van der Waals surface area contributed by atoms with Gasteiger partial charge in [0, 0.05) is 0 Å². The predicted octanol–water partition coefficient (Wildman–Crippen LogP) is 3.41. The molecule has 0 aromatic heterocycles. The number of hydrogen-bond donors (Lipinski definition) is 0. The second-order valence-corrected chi connectivity index (χ2v) is 5.69. The van der Waals surface area contributed by atoms with Gasteiger partial charge in [0.15, 0.2) is 11.5 Å². The van der Waals surface area contributed by atoms with E-state index in [1.165, 1.54) is 0 Å². The molecule has 0 bridgehead atoms. The van der Waals surface area contributed by atoms with Crippen molar-refractivity contribution in [1.82, 2.24) is 0 Å². The number of benzene rings is 2. The van der Waals surface area contributed by atoms with Gasteiger partial charge in [-0.05, 0) is 35.4 Å². The van der Waals surface area contributed by atoms with Crippen LogP contribution in [0.15, 0.2) is 36.4 Å². The Bertz CT molecular complexity index is 727. The maximum atomic E-state index is 12.0. The molecular weight excluding hydrogens is 332 g/mol. The summed E-state index contributed by atoms with van der Waals surface area (Å²) >= 11 is 6.16. The molecule has 0 atom stereocenters. The molecule has 3 rings (SSSR count). The van der Waals surface area contributed by atoms with Crippen molar-refractivity contribution in [2.75, 3.05) is 20.3 Å². The van der Waals surface area contributed by atoms with Gasteiger partial charge in [-0.3, -0.25) is 4.79 Å². The van der Waals surface area contributed by atoms with Crippen molar-refractivity contribution in [3.63, 3.8) is 0 Å². The van der Waals surface area contributed by atoms with Crippen molar-refractivity contribution in [2.24, 2.45) is 0 Å². The number of halogens is 1. The van der Waals surface area contributed by atoms with E-state index in [-0.39, 0.29) is 19.0 Å². The van der Waals surface area contributed by atoms with Crippen molar-refractivity contribution < 1.29 is 23.7 Å². The highest BCUT2D eigenvalue weighted by molar-refractivity contribution is 6.32. The largest absolute Gasteiger partial charge is 0.497 e. The van der Waals surface area contributed by atoms with Crippen molar-refractivity contribution in [3.8, 4) is 17.2 Å². The molecule has 24 heavy (non-hydrogen) atoms. The summed E-state index contributed by atoms with van der Waals surface area (Å²) in [7, 11) is 1.60. The van der Waals surface area contributed by atoms with Gasteiger partial charge in [-0.2, -0.15) is 0 Å². The van der Waals surface area contributed by atoms with Crippen LogP contribution in [-0.2, 0) is 22.6 Å². The maximum Gasteiger partial charge on any atom is 0.310 e. The normalized spacial score (nSPS) is 12.6. The predicted molar refractivity (Wildman–Crippen MR) is 88.9 cm³/mol. The zero-order valence-corrected chi connectivity index (χ0v) is 14.0. The number of carbonyl (C=O) groups is 1. The summed E-state index contributed by atoms with van der Waals surface area (Å²) in [6, 6.07) is 10.8. The van der Waals surface area contributed by atoms with E-state index in [0.29, 0.717) is 29.7 Å². The minimum atomic E-state index is -0.314. The lowest BCUT2D eigenvalue weighted by atomic mass is 10.1. The average Bonchev–Trinajstić information content (AvgIpc) is 2.61. The number of fused-ring (bicyclic) bond motifs is 1. The molecule has 6 heteroatoms. The van der Waals surface area contributed by atoms with Gasteiger partial charge in [-0.25, -0.2) is 0 Å². The molecule has 0 saturated carbocycles. The molecule has 1 heterocycles. The Morgan fingerprint density at radius 1 is 1.12 bits per heavy atom. The Morgan fingerprint density at radius 3 is 2.62 bits per heavy atom. The van der Waals surface area contributed by atoms with E-state index in [0.717, 1.165) is 16.9 Å². The lowest BCUT2D eigenvalue weighted by molar-refractivity contribution is -0.144. The summed E-state index contributed by atoms with van der Waals surface area (Å²) in [5, 5.41) is 0.452. The van der Waals surface area contributed by atoms with Gasteiger partial charge in [-0.15, -0.1) is 0 Å². The van der Waals surface area contributed by atoms with E-state index >= 15 is 0 Å². The van der Waals surface area contributed by atoms with Crippen molar-refractivity contribution >= 4 is 17.6 Å². The van der Waals surface area contributed by atoms with Crippen LogP contribution in [0.25, 0.3) is 0 Å². The standard InChI is InChI=1S/C18H17ClO5/c1-21-14-4-2-12(3-5-14)10-17(20)24-11-13-8-15(19)18-16(9-13)22-6-7-23-18/h2-5,8-9H,6-7,10-11H2,1H3. The van der Waals surface area contributed by atoms with Crippen LogP contribution in [0.2, 0.25) is 5.02 Å². The Morgan fingerprint density at radius 2 is 1.88 bits per heavy atom. The second kappa shape index (κ2) is 7.45. The molecular formula is C18H17ClO5. The molecule has 0 fully saturated rings. The van der Waals surface area contributed by atoms with Crippen LogP contribution in [-0.4, -0.2) is 26.3 Å². The fourth-order valence-corrected chi connectivity index (χ4v) is 2.66. The quantitative estimate of drug-likeness (QED) is 0.775. The zero-order chi connectivity index (χ0) is 16.9. The highest BCUT2D eigenvalue weighted by Crippen LogP contribution is 2.38. The fourth-order valence-electron chi connectivity index (χ4n) is 2.37. The van der Waals surface area contributed by atoms with E-state index in [1.807, 2.05) is 24.3 Å². The summed E-state index contributed by atoms with van der Waals surface area (Å²) < 4.78 is 21.4. The lowest BCUT2D eigenvalue weighted by Crippen LogP contribution is -2.16. The Labute approximate surface area is 145 Å². The highest BCUT2D eigenvalue weighted by Gasteiger charge is 2.17. The van der Waals surface area contributed by atoms with Gasteiger partial charge >= 0.3 is 5.97 Å². The van der Waals surface area contributed by atoms with E-state index in [9.17, 15) is 4.79 Å². The minimum Gasteiger partial charge on any atom is -0.497 e. The number of ether oxygens (including phenoxy) is 4. The zero-order valence-electron chi connectivity index (χ0n) is 13.2. The third-order valence-electron chi connectivity index (χ3n) is 3.56. The highest BCUT2D eigenvalue weighted by atomic mass is 35.5. The summed E-state index contributed by atoms with van der Waals surface area (Å²) in [6.45, 7) is 1.08. The average molecular weight is 349 g/mol. The first-order valence-electron chi connectivity index (χ1n) is 7.52. The van der Waals surface area contributed by atoms with Crippen molar-refractivity contribution in [1.29, 1.82) is 0 Å². The van der Waals surface area contributed by atoms with Gasteiger partial charge < -0.3 is 18.9 Å². The van der Waals surface area contributed by atoms with E-state index in [2.05, 4.69) is 0 Å². The Hall–Kier alpha value is -2.40. The van der Waals surface area contributed by atoms with Crippen LogP contribution in [0.4, 0.5) is 0 Å². The third-order valence-corrected chi connectivity index (χ3v) is 3.84. The molecule has 1 aliphatic heterocycles. The second-order valence-electron chi connectivity index (χ2n) is 5.29. The first-order chi connectivity index (χ1) is 11.7. The van der Waals surface area contributed by atoms with E-state index in [4.69, 9.17) is 30.5 Å². The monoisotopic (exact) mass is 348 g/mol. The number of rotatable bonds is 5. The molecule has 1 aliphatic rings. The summed E-state index contributed by atoms with van der Waals surface area (Å²) in [6.07, 6.45) is 0.197. The molecule has 0 N–H and O–H groups in total. The van der Waals surface area contributed by atoms with Gasteiger partial charge in [0.05, 0.1) is 18.6 Å². The summed E-state index contributed by atoms with van der Waals surface area (Å²) in [5.41, 5.74) is 1.62. The van der Waals surface area contributed by atoms with Gasteiger partial charge in [0.25, 0.3) is 0 Å². The first kappa shape index (κ1) is 16.5. The molecule has 0 saturated heterocycles. The summed E-state index contributed by atoms with van der Waals surface area (Å²) in [5.74, 6) is 1.55. The Kier molecular flexibility index (Phi) is 5.11. The van der Waals surface area contributed by atoms with Crippen LogP contribution >= 0.6 is 11.6 Å². The summed E-state index contributed by atoms with van der Waals surface area (Å²) in [4.78, 5) is 12.0. The Balaban J connectivity index is 1.58. The van der Waals surface area contributed by atoms with Crippen LogP contribution in [0.3, 0.4) is 0 Å². The van der Waals surface area contributed by atoms with Crippen LogP contribution < -0.4 is 14.2 Å². The third kappa shape index (κ3) is 3.92. The molecule has 2 aromatic rings. The van der Waals surface area contributed by atoms with Gasteiger partial charge in [0.2, 0.25) is 0 Å².